The maximum Gasteiger partial charge on any atom is 0.217 e. The molecule has 118 valence electrons. The minimum absolute atomic E-state index is 0.147. The highest BCUT2D eigenvalue weighted by molar-refractivity contribution is 5.78. The number of hydrogen-bond donors (Lipinski definition) is 1. The number of para-hydroxylation sites is 1. The van der Waals surface area contributed by atoms with E-state index in [9.17, 15) is 0 Å². The summed E-state index contributed by atoms with van der Waals surface area (Å²) in [6, 6.07) is 16.5. The molecule has 4 nitrogen and oxygen atoms in total. The van der Waals surface area contributed by atoms with Crippen LogP contribution in [0.25, 0.3) is 10.9 Å². The topological polar surface area (TPSA) is 47.0 Å². The molecule has 2 heterocycles. The number of pyridine rings is 2. The van der Waals surface area contributed by atoms with Crippen molar-refractivity contribution in [2.24, 2.45) is 0 Å². The van der Waals surface area contributed by atoms with Crippen molar-refractivity contribution in [1.82, 2.24) is 15.3 Å². The molecule has 0 unspecified atom stereocenters. The molecule has 4 heteroatoms. The summed E-state index contributed by atoms with van der Waals surface area (Å²) < 4.78 is 5.57. The van der Waals surface area contributed by atoms with E-state index in [0.29, 0.717) is 19.0 Å². The van der Waals surface area contributed by atoms with Gasteiger partial charge in [0.05, 0.1) is 17.8 Å². The normalized spacial score (nSPS) is 12.3. The molecule has 0 radical (unpaired) electrons. The average molecular weight is 307 g/mol. The number of nitrogens with zero attached hydrogens (tertiary/aromatic N) is 2. The van der Waals surface area contributed by atoms with E-state index in [1.807, 2.05) is 37.3 Å². The van der Waals surface area contributed by atoms with Crippen LogP contribution in [0.2, 0.25) is 0 Å². The van der Waals surface area contributed by atoms with Gasteiger partial charge in [-0.15, -0.1) is 0 Å². The van der Waals surface area contributed by atoms with Crippen LogP contribution in [0.15, 0.2) is 54.7 Å². The molecule has 0 saturated heterocycles. The number of ether oxygens (including phenoxy) is 1. The monoisotopic (exact) mass is 307 g/mol. The Hall–Kier alpha value is -2.46. The molecule has 0 amide bonds. The van der Waals surface area contributed by atoms with E-state index in [-0.39, 0.29) is 6.04 Å². The Kier molecular flexibility index (Phi) is 4.83. The number of aromatic nitrogens is 2. The molecule has 3 aromatic rings. The molecule has 0 bridgehead atoms. The van der Waals surface area contributed by atoms with Crippen LogP contribution in [0.5, 0.6) is 5.88 Å². The molecular weight excluding hydrogens is 286 g/mol. The van der Waals surface area contributed by atoms with Crippen LogP contribution in [0.1, 0.15) is 31.1 Å². The Bertz CT molecular complexity index is 788. The second-order valence-electron chi connectivity index (χ2n) is 5.43. The highest BCUT2D eigenvalue weighted by atomic mass is 16.5. The van der Waals surface area contributed by atoms with Crippen molar-refractivity contribution in [1.29, 1.82) is 0 Å². The Labute approximate surface area is 136 Å². The maximum absolute atomic E-state index is 5.57. The SMILES string of the molecule is CCOc1ncccc1CN[C@H](C)c1ccc2ccccc2n1. The van der Waals surface area contributed by atoms with Gasteiger partial charge in [0.2, 0.25) is 5.88 Å². The number of hydrogen-bond acceptors (Lipinski definition) is 4. The van der Waals surface area contributed by atoms with Gasteiger partial charge in [-0.1, -0.05) is 30.3 Å². The molecule has 1 aromatic carbocycles. The van der Waals surface area contributed by atoms with Crippen LogP contribution in [0.3, 0.4) is 0 Å². The quantitative estimate of drug-likeness (QED) is 0.751. The van der Waals surface area contributed by atoms with Gasteiger partial charge in [-0.2, -0.15) is 0 Å². The van der Waals surface area contributed by atoms with Crippen molar-refractivity contribution < 1.29 is 4.74 Å². The summed E-state index contributed by atoms with van der Waals surface area (Å²) in [5.74, 6) is 0.696. The Morgan fingerprint density at radius 2 is 1.96 bits per heavy atom. The van der Waals surface area contributed by atoms with Gasteiger partial charge in [-0.05, 0) is 32.0 Å². The third kappa shape index (κ3) is 3.66. The van der Waals surface area contributed by atoms with E-state index in [1.54, 1.807) is 6.20 Å². The molecule has 1 atom stereocenters. The van der Waals surface area contributed by atoms with Crippen LogP contribution in [0.4, 0.5) is 0 Å². The molecule has 0 spiro atoms. The van der Waals surface area contributed by atoms with Crippen LogP contribution >= 0.6 is 0 Å². The molecule has 1 N–H and O–H groups in total. The standard InChI is InChI=1S/C19H21N3O/c1-3-23-19-16(8-6-12-20-19)13-21-14(2)17-11-10-15-7-4-5-9-18(15)22-17/h4-12,14,21H,3,13H2,1-2H3/t14-/m1/s1. The number of benzene rings is 1. The first-order chi connectivity index (χ1) is 11.3. The average Bonchev–Trinajstić information content (AvgIpc) is 2.60. The lowest BCUT2D eigenvalue weighted by Gasteiger charge is -2.15. The summed E-state index contributed by atoms with van der Waals surface area (Å²) >= 11 is 0. The summed E-state index contributed by atoms with van der Waals surface area (Å²) in [7, 11) is 0. The van der Waals surface area contributed by atoms with Gasteiger partial charge < -0.3 is 10.1 Å². The Morgan fingerprint density at radius 1 is 1.09 bits per heavy atom. The van der Waals surface area contributed by atoms with Crippen LogP contribution < -0.4 is 10.1 Å². The van der Waals surface area contributed by atoms with Gasteiger partial charge >= 0.3 is 0 Å². The van der Waals surface area contributed by atoms with E-state index >= 15 is 0 Å². The molecule has 0 fully saturated rings. The second kappa shape index (κ2) is 7.20. The first-order valence-corrected chi connectivity index (χ1v) is 7.93. The maximum atomic E-state index is 5.57. The van der Waals surface area contributed by atoms with Crippen molar-refractivity contribution in [3.05, 3.63) is 66.0 Å². The summed E-state index contributed by atoms with van der Waals surface area (Å²) in [5, 5.41) is 4.66. The van der Waals surface area contributed by atoms with E-state index < -0.39 is 0 Å². The first-order valence-electron chi connectivity index (χ1n) is 7.93. The summed E-state index contributed by atoms with van der Waals surface area (Å²) in [6.45, 7) is 5.39. The molecule has 2 aromatic heterocycles. The molecule has 0 aliphatic rings. The van der Waals surface area contributed by atoms with Crippen molar-refractivity contribution in [2.45, 2.75) is 26.4 Å². The lowest BCUT2D eigenvalue weighted by Crippen LogP contribution is -2.19. The van der Waals surface area contributed by atoms with E-state index in [4.69, 9.17) is 9.72 Å². The van der Waals surface area contributed by atoms with Crippen molar-refractivity contribution in [3.63, 3.8) is 0 Å². The summed E-state index contributed by atoms with van der Waals surface area (Å²) in [5.41, 5.74) is 3.11. The molecule has 23 heavy (non-hydrogen) atoms. The highest BCUT2D eigenvalue weighted by Gasteiger charge is 2.10. The predicted molar refractivity (Wildman–Crippen MR) is 92.4 cm³/mol. The molecule has 0 aliphatic carbocycles. The zero-order chi connectivity index (χ0) is 16.1. The van der Waals surface area contributed by atoms with Crippen molar-refractivity contribution in [3.8, 4) is 5.88 Å². The van der Waals surface area contributed by atoms with E-state index in [1.165, 1.54) is 0 Å². The van der Waals surface area contributed by atoms with Crippen LogP contribution in [-0.4, -0.2) is 16.6 Å². The minimum atomic E-state index is 0.147. The number of rotatable bonds is 6. The number of nitrogens with one attached hydrogen (secondary N) is 1. The molecule has 3 rings (SSSR count). The Balaban J connectivity index is 1.72. The number of fused-ring (bicyclic) bond motifs is 1. The van der Waals surface area contributed by atoms with Crippen molar-refractivity contribution in [2.75, 3.05) is 6.61 Å². The second-order valence-corrected chi connectivity index (χ2v) is 5.43. The van der Waals surface area contributed by atoms with E-state index in [2.05, 4.69) is 35.4 Å². The van der Waals surface area contributed by atoms with Gasteiger partial charge in [0.1, 0.15) is 0 Å². The van der Waals surface area contributed by atoms with Gasteiger partial charge in [-0.25, -0.2) is 4.98 Å². The zero-order valence-corrected chi connectivity index (χ0v) is 13.5. The highest BCUT2D eigenvalue weighted by Crippen LogP contribution is 2.19. The molecule has 0 aliphatic heterocycles. The van der Waals surface area contributed by atoms with Crippen LogP contribution in [-0.2, 0) is 6.54 Å². The van der Waals surface area contributed by atoms with Crippen LogP contribution in [0, 0.1) is 0 Å². The first kappa shape index (κ1) is 15.4. The molecular formula is C19H21N3O. The largest absolute Gasteiger partial charge is 0.478 e. The lowest BCUT2D eigenvalue weighted by atomic mass is 10.1. The zero-order valence-electron chi connectivity index (χ0n) is 13.5. The van der Waals surface area contributed by atoms with Gasteiger partial charge in [0, 0.05) is 29.7 Å². The van der Waals surface area contributed by atoms with Gasteiger partial charge in [0.15, 0.2) is 0 Å². The fourth-order valence-electron chi connectivity index (χ4n) is 2.52. The minimum Gasteiger partial charge on any atom is -0.478 e. The predicted octanol–water partition coefficient (Wildman–Crippen LogP) is 3.88. The third-order valence-electron chi connectivity index (χ3n) is 3.79. The van der Waals surface area contributed by atoms with Gasteiger partial charge in [-0.3, -0.25) is 4.98 Å². The Morgan fingerprint density at radius 3 is 2.83 bits per heavy atom. The van der Waals surface area contributed by atoms with Crippen molar-refractivity contribution >= 4 is 10.9 Å². The third-order valence-corrected chi connectivity index (χ3v) is 3.79. The van der Waals surface area contributed by atoms with Gasteiger partial charge in [0.25, 0.3) is 0 Å². The fourth-order valence-corrected chi connectivity index (χ4v) is 2.52. The lowest BCUT2D eigenvalue weighted by molar-refractivity contribution is 0.321. The summed E-state index contributed by atoms with van der Waals surface area (Å²) in [6.07, 6.45) is 1.75. The smallest absolute Gasteiger partial charge is 0.217 e. The summed E-state index contributed by atoms with van der Waals surface area (Å²) in [4.78, 5) is 9.02. The van der Waals surface area contributed by atoms with E-state index in [0.717, 1.165) is 22.2 Å². The fraction of sp³-hybridized carbons (Fsp3) is 0.263. The molecule has 0 saturated carbocycles.